The summed E-state index contributed by atoms with van der Waals surface area (Å²) in [6.45, 7) is 16.6. The molecule has 2 aliphatic heterocycles. The van der Waals surface area contributed by atoms with Gasteiger partial charge in [0.15, 0.2) is 0 Å². The molecule has 280 valence electrons. The number of anilines is 2. The number of hydrogen-bond acceptors (Lipinski definition) is 4. The molecule has 0 radical (unpaired) electrons. The largest absolute Gasteiger partial charge is 0.268 e. The van der Waals surface area contributed by atoms with Gasteiger partial charge in [0.1, 0.15) is 0 Å². The monoisotopic (exact) mass is 866 g/mol. The van der Waals surface area contributed by atoms with E-state index in [4.69, 9.17) is 0 Å². The van der Waals surface area contributed by atoms with E-state index in [1.807, 2.05) is 72.8 Å². The summed E-state index contributed by atoms with van der Waals surface area (Å²) >= 11 is 7.34. The minimum Gasteiger partial charge on any atom is -0.268 e. The van der Waals surface area contributed by atoms with Crippen LogP contribution >= 0.6 is 31.9 Å². The van der Waals surface area contributed by atoms with Gasteiger partial charge in [-0.05, 0) is 127 Å². The molecule has 7 aromatic rings. The molecule has 9 rings (SSSR count). The molecule has 0 N–H and O–H groups in total. The zero-order valence-electron chi connectivity index (χ0n) is 32.5. The summed E-state index contributed by atoms with van der Waals surface area (Å²) in [5.74, 6) is -1.15. The molecule has 0 unspecified atom stereocenters. The highest BCUT2D eigenvalue weighted by Gasteiger charge is 2.41. The van der Waals surface area contributed by atoms with Gasteiger partial charge in [0.25, 0.3) is 23.6 Å². The summed E-state index contributed by atoms with van der Waals surface area (Å²) in [6.07, 6.45) is 0. The molecule has 0 aromatic heterocycles. The van der Waals surface area contributed by atoms with E-state index in [1.165, 1.54) is 9.80 Å². The van der Waals surface area contributed by atoms with E-state index in [-0.39, 0.29) is 47.3 Å². The van der Waals surface area contributed by atoms with Crippen LogP contribution in [-0.2, 0) is 0 Å². The number of rotatable bonds is 6. The van der Waals surface area contributed by atoms with E-state index < -0.39 is 0 Å². The number of amides is 4. The molecule has 2 aliphatic rings. The summed E-state index contributed by atoms with van der Waals surface area (Å²) in [4.78, 5) is 61.7. The predicted molar refractivity (Wildman–Crippen MR) is 235 cm³/mol. The zero-order chi connectivity index (χ0) is 39.8. The average molecular weight is 869 g/mol. The molecule has 0 atom stereocenters. The van der Waals surface area contributed by atoms with Crippen LogP contribution in [0.4, 0.5) is 11.4 Å². The number of hydrogen-bond donors (Lipinski definition) is 0. The van der Waals surface area contributed by atoms with Crippen molar-refractivity contribution in [3.63, 3.8) is 0 Å². The molecule has 0 aliphatic carbocycles. The van der Waals surface area contributed by atoms with Crippen molar-refractivity contribution in [2.45, 2.75) is 79.1 Å². The first kappa shape index (κ1) is 36.7. The van der Waals surface area contributed by atoms with E-state index in [0.717, 1.165) is 63.5 Å². The van der Waals surface area contributed by atoms with Gasteiger partial charge in [0.2, 0.25) is 0 Å². The Morgan fingerprint density at radius 1 is 0.375 bits per heavy atom. The van der Waals surface area contributed by atoms with Crippen molar-refractivity contribution in [2.75, 3.05) is 9.80 Å². The standard InChI is InChI=1S/C48H40Br2N2O4/c1-21(2)35-17-25(49)18-36(22(3)4)43(35)51-45(53)31-13-9-27-29-11-15-33-42-34(16-12-30(40(29)42)28-10-14-32(46(51)54)41(31)39(27)28)48(56)52(47(33)55)44-37(23(5)6)19-26(50)20-38(44)24(7)8/h9-24H,1-8H3. The molecular formula is C48H40Br2N2O4. The molecule has 0 fully saturated rings. The van der Waals surface area contributed by atoms with E-state index in [1.54, 1.807) is 0 Å². The SMILES string of the molecule is CC(C)c1cc(Br)cc(C(C)C)c1N1C(=O)c2ccc3c4ccc5c6c(ccc(c7ccc(c2c37)C1=O)c64)C(=O)N(c1c(C(C)C)cc(Br)cc1C(C)C)C5=O. The normalized spacial score (nSPS) is 14.6. The number of imide groups is 2. The Kier molecular flexibility index (Phi) is 8.39. The molecule has 6 nitrogen and oxygen atoms in total. The molecule has 8 heteroatoms. The molecule has 56 heavy (non-hydrogen) atoms. The maximum absolute atomic E-state index is 14.7. The van der Waals surface area contributed by atoms with E-state index in [0.29, 0.717) is 44.4 Å². The Labute approximate surface area is 342 Å². The zero-order valence-corrected chi connectivity index (χ0v) is 35.7. The molecular weight excluding hydrogens is 828 g/mol. The Morgan fingerprint density at radius 3 is 0.821 bits per heavy atom. The summed E-state index contributed by atoms with van der Waals surface area (Å²) in [6, 6.07) is 23.2. The van der Waals surface area contributed by atoms with Gasteiger partial charge in [-0.25, -0.2) is 9.80 Å². The fraction of sp³-hybridized carbons (Fsp3) is 0.250. The summed E-state index contributed by atoms with van der Waals surface area (Å²) in [5.41, 5.74) is 6.91. The van der Waals surface area contributed by atoms with Crippen LogP contribution in [0.25, 0.3) is 43.1 Å². The average Bonchev–Trinajstić information content (AvgIpc) is 3.15. The smallest absolute Gasteiger partial charge is 0.266 e. The Morgan fingerprint density at radius 2 is 0.607 bits per heavy atom. The first-order chi connectivity index (χ1) is 26.6. The summed E-state index contributed by atoms with van der Waals surface area (Å²) in [7, 11) is 0. The number of benzene rings is 7. The van der Waals surface area contributed by atoms with Gasteiger partial charge in [-0.2, -0.15) is 0 Å². The van der Waals surface area contributed by atoms with Crippen LogP contribution in [-0.4, -0.2) is 23.6 Å². The minimum atomic E-state index is -0.348. The molecule has 0 spiro atoms. The second-order valence-electron chi connectivity index (χ2n) is 16.5. The summed E-state index contributed by atoms with van der Waals surface area (Å²) < 4.78 is 1.82. The highest BCUT2D eigenvalue weighted by Crippen LogP contribution is 2.49. The second-order valence-corrected chi connectivity index (χ2v) is 18.4. The van der Waals surface area contributed by atoms with Gasteiger partial charge >= 0.3 is 0 Å². The first-order valence-electron chi connectivity index (χ1n) is 19.3. The molecule has 0 saturated heterocycles. The van der Waals surface area contributed by atoms with Crippen LogP contribution in [0.15, 0.2) is 81.7 Å². The molecule has 7 aromatic carbocycles. The van der Waals surface area contributed by atoms with Crippen LogP contribution in [0.2, 0.25) is 0 Å². The minimum absolute atomic E-state index is 0.0613. The lowest BCUT2D eigenvalue weighted by Crippen LogP contribution is -2.42. The highest BCUT2D eigenvalue weighted by molar-refractivity contribution is 9.10. The van der Waals surface area contributed by atoms with Crippen molar-refractivity contribution in [1.29, 1.82) is 0 Å². The van der Waals surface area contributed by atoms with Crippen molar-refractivity contribution < 1.29 is 19.2 Å². The predicted octanol–water partition coefficient (Wildman–Crippen LogP) is 13.4. The lowest BCUT2D eigenvalue weighted by Gasteiger charge is -2.34. The van der Waals surface area contributed by atoms with Crippen LogP contribution in [0.1, 0.15) is 143 Å². The van der Waals surface area contributed by atoms with Gasteiger partial charge in [-0.1, -0.05) is 112 Å². The maximum atomic E-state index is 14.7. The Balaban J connectivity index is 1.28. The number of halogens is 2. The van der Waals surface area contributed by atoms with Gasteiger partial charge in [-0.15, -0.1) is 0 Å². The van der Waals surface area contributed by atoms with E-state index in [9.17, 15) is 19.2 Å². The number of fused-ring (bicyclic) bond motifs is 2. The Hall–Kier alpha value is -4.92. The quantitative estimate of drug-likeness (QED) is 0.0948. The fourth-order valence-corrected chi connectivity index (χ4v) is 10.2. The summed E-state index contributed by atoms with van der Waals surface area (Å²) in [5, 5.41) is 6.37. The molecule has 2 heterocycles. The van der Waals surface area contributed by atoms with Crippen molar-refractivity contribution in [3.05, 3.63) is 126 Å². The Bertz CT molecular complexity index is 2560. The van der Waals surface area contributed by atoms with Crippen LogP contribution in [0.5, 0.6) is 0 Å². The highest BCUT2D eigenvalue weighted by atomic mass is 79.9. The third kappa shape index (κ3) is 4.97. The van der Waals surface area contributed by atoms with Gasteiger partial charge in [0, 0.05) is 42.0 Å². The molecule has 0 saturated carbocycles. The topological polar surface area (TPSA) is 74.8 Å². The van der Waals surface area contributed by atoms with Crippen molar-refractivity contribution in [3.8, 4) is 0 Å². The van der Waals surface area contributed by atoms with Gasteiger partial charge in [0.05, 0.1) is 11.4 Å². The van der Waals surface area contributed by atoms with Crippen LogP contribution < -0.4 is 9.80 Å². The number of carbonyl (C=O) groups excluding carboxylic acids is 4. The number of carbonyl (C=O) groups is 4. The van der Waals surface area contributed by atoms with Crippen molar-refractivity contribution in [1.82, 2.24) is 0 Å². The van der Waals surface area contributed by atoms with Crippen LogP contribution in [0, 0.1) is 0 Å². The maximum Gasteiger partial charge on any atom is 0.266 e. The van der Waals surface area contributed by atoms with Crippen molar-refractivity contribution in [2.24, 2.45) is 0 Å². The van der Waals surface area contributed by atoms with Gasteiger partial charge < -0.3 is 0 Å². The van der Waals surface area contributed by atoms with E-state index in [2.05, 4.69) is 87.2 Å². The lowest BCUT2D eigenvalue weighted by atomic mass is 9.81. The third-order valence-corrected chi connectivity index (χ3v) is 12.8. The third-order valence-electron chi connectivity index (χ3n) is 11.8. The van der Waals surface area contributed by atoms with Crippen LogP contribution in [0.3, 0.4) is 0 Å². The molecule has 0 bridgehead atoms. The first-order valence-corrected chi connectivity index (χ1v) is 20.8. The fourth-order valence-electron chi connectivity index (χ4n) is 9.24. The molecule has 4 amide bonds. The second kappa shape index (κ2) is 12.8. The van der Waals surface area contributed by atoms with Gasteiger partial charge in [-0.3, -0.25) is 19.2 Å². The lowest BCUT2D eigenvalue weighted by molar-refractivity contribution is 0.0877. The number of nitrogens with zero attached hydrogens (tertiary/aromatic N) is 2. The van der Waals surface area contributed by atoms with E-state index >= 15 is 0 Å². The van der Waals surface area contributed by atoms with Crippen molar-refractivity contribution >= 4 is 110 Å².